The van der Waals surface area contributed by atoms with E-state index >= 15 is 0 Å². The van der Waals surface area contributed by atoms with Gasteiger partial charge in [0.25, 0.3) is 0 Å². The molecule has 0 saturated carbocycles. The van der Waals surface area contributed by atoms with Crippen molar-refractivity contribution in [3.63, 3.8) is 0 Å². The molecule has 0 aromatic carbocycles. The molecule has 46 valence electrons. The number of hydrogen-bond acceptors (Lipinski definition) is 2. The normalized spacial score (nSPS) is 2.00. The van der Waals surface area contributed by atoms with Crippen LogP contribution >= 0.6 is 0 Å². The topological polar surface area (TPSA) is 40.5 Å². The Morgan fingerprint density at radius 1 is 0.833 bits per heavy atom. The zero-order chi connectivity index (χ0) is 4.00. The van der Waals surface area contributed by atoms with Gasteiger partial charge in [-0.15, -0.1) is 0 Å². The first-order valence-electron chi connectivity index (χ1n) is 0.894. The Morgan fingerprint density at radius 2 is 0.833 bits per heavy atom. The molecule has 0 fully saturated rings. The fourth-order valence-electron chi connectivity index (χ4n) is 0. The predicted octanol–water partition coefficient (Wildman–Crippen LogP) is -0.335. The maximum atomic E-state index is 7.00. The van der Waals surface area contributed by atoms with Crippen molar-refractivity contribution in [2.75, 3.05) is 14.2 Å². The molecule has 0 aliphatic carbocycles. The van der Waals surface area contributed by atoms with Crippen LogP contribution in [0, 0.1) is 7.43 Å². The van der Waals surface area contributed by atoms with Crippen molar-refractivity contribution in [1.29, 1.82) is 0 Å². The Hall–Kier alpha value is 0.660. The molecule has 0 saturated heterocycles. The average molecular weight is 276 g/mol. The third kappa shape index (κ3) is 143. The number of aliphatic hydroxyl groups excluding tert-OH is 2. The summed E-state index contributed by atoms with van der Waals surface area (Å²) in [6.07, 6.45) is 0. The Morgan fingerprint density at radius 3 is 0.833 bits per heavy atom. The van der Waals surface area contributed by atoms with Crippen LogP contribution < -0.4 is 0 Å². The van der Waals surface area contributed by atoms with E-state index in [1.807, 2.05) is 0 Å². The summed E-state index contributed by atoms with van der Waals surface area (Å²) in [5.74, 6) is 0. The van der Waals surface area contributed by atoms with Crippen LogP contribution in [-0.2, 0) is 22.4 Å². The fraction of sp³-hybridized carbons (Fsp3) is 0.667. The summed E-state index contributed by atoms with van der Waals surface area (Å²) in [7, 11) is 2.00. The molecule has 6 heavy (non-hydrogen) atoms. The van der Waals surface area contributed by atoms with Crippen molar-refractivity contribution in [3.05, 3.63) is 7.43 Å². The van der Waals surface area contributed by atoms with Gasteiger partial charge >= 0.3 is 22.4 Å². The SMILES string of the molecule is CO.CO.[Au+].[CH3-]. The number of hydrogen-bond donors (Lipinski definition) is 2. The summed E-state index contributed by atoms with van der Waals surface area (Å²) in [6.45, 7) is 0. The van der Waals surface area contributed by atoms with Crippen LogP contribution in [0.1, 0.15) is 0 Å². The first-order valence-corrected chi connectivity index (χ1v) is 0.894. The molecule has 0 unspecified atom stereocenters. The van der Waals surface area contributed by atoms with Gasteiger partial charge in [0.2, 0.25) is 0 Å². The molecule has 0 aliphatic heterocycles. The molecule has 0 atom stereocenters. The monoisotopic (exact) mass is 276 g/mol. The van der Waals surface area contributed by atoms with E-state index in [0.29, 0.717) is 0 Å². The van der Waals surface area contributed by atoms with Crippen molar-refractivity contribution in [2.45, 2.75) is 0 Å². The van der Waals surface area contributed by atoms with Crippen molar-refractivity contribution < 1.29 is 32.6 Å². The van der Waals surface area contributed by atoms with Crippen molar-refractivity contribution in [3.8, 4) is 0 Å². The third-order valence-corrected chi connectivity index (χ3v) is 0. The van der Waals surface area contributed by atoms with Crippen LogP contribution in [0.5, 0.6) is 0 Å². The van der Waals surface area contributed by atoms with Gasteiger partial charge in [0, 0.05) is 14.2 Å². The molecule has 3 heteroatoms. The smallest absolute Gasteiger partial charge is 0.400 e. The summed E-state index contributed by atoms with van der Waals surface area (Å²) in [5, 5.41) is 14.0. The van der Waals surface area contributed by atoms with E-state index in [9.17, 15) is 0 Å². The largest absolute Gasteiger partial charge is 1.00 e. The van der Waals surface area contributed by atoms with E-state index in [0.717, 1.165) is 14.2 Å². The average Bonchev–Trinajstić information content (AvgIpc) is 1.50. The summed E-state index contributed by atoms with van der Waals surface area (Å²) in [5.41, 5.74) is 0. The van der Waals surface area contributed by atoms with Gasteiger partial charge in [0.05, 0.1) is 0 Å². The first-order chi connectivity index (χ1) is 2.00. The van der Waals surface area contributed by atoms with E-state index in [4.69, 9.17) is 10.2 Å². The summed E-state index contributed by atoms with van der Waals surface area (Å²) in [6, 6.07) is 0. The molecular weight excluding hydrogens is 265 g/mol. The second kappa shape index (κ2) is 282. The van der Waals surface area contributed by atoms with Crippen LogP contribution in [0.3, 0.4) is 0 Å². The van der Waals surface area contributed by atoms with E-state index in [-0.39, 0.29) is 29.8 Å². The molecule has 0 aliphatic rings. The van der Waals surface area contributed by atoms with Gasteiger partial charge in [0.15, 0.2) is 0 Å². The van der Waals surface area contributed by atoms with Gasteiger partial charge in [-0.25, -0.2) is 0 Å². The molecule has 0 radical (unpaired) electrons. The maximum absolute atomic E-state index is 7.00. The Balaban J connectivity index is -0.00000000500. The number of rotatable bonds is 0. The molecule has 0 spiro atoms. The molecule has 0 bridgehead atoms. The predicted molar refractivity (Wildman–Crippen MR) is 22.7 cm³/mol. The van der Waals surface area contributed by atoms with Gasteiger partial charge in [0.1, 0.15) is 0 Å². The first kappa shape index (κ1) is 30.2. The van der Waals surface area contributed by atoms with Gasteiger partial charge in [-0.05, 0) is 0 Å². The van der Waals surface area contributed by atoms with Crippen LogP contribution in [0.25, 0.3) is 0 Å². The van der Waals surface area contributed by atoms with E-state index in [1.54, 1.807) is 0 Å². The Kier molecular flexibility index (Phi) is 1420. The Labute approximate surface area is 54.7 Å². The molecule has 0 aromatic heterocycles. The molecule has 0 heterocycles. The van der Waals surface area contributed by atoms with Crippen LogP contribution in [0.4, 0.5) is 0 Å². The molecular formula is C3H11AuO2. The second-order valence-corrected chi connectivity index (χ2v) is 0. The quantitative estimate of drug-likeness (QED) is 0.469. The van der Waals surface area contributed by atoms with E-state index in [2.05, 4.69) is 0 Å². The molecule has 2 N–H and O–H groups in total. The van der Waals surface area contributed by atoms with Crippen molar-refractivity contribution in [1.82, 2.24) is 0 Å². The number of aliphatic hydroxyl groups is 2. The van der Waals surface area contributed by atoms with Gasteiger partial charge in [-0.2, -0.15) is 0 Å². The minimum absolute atomic E-state index is 0. The van der Waals surface area contributed by atoms with Gasteiger partial charge in [-0.3, -0.25) is 0 Å². The molecule has 2 nitrogen and oxygen atoms in total. The van der Waals surface area contributed by atoms with E-state index in [1.165, 1.54) is 0 Å². The fourth-order valence-corrected chi connectivity index (χ4v) is 0. The van der Waals surface area contributed by atoms with E-state index < -0.39 is 0 Å². The van der Waals surface area contributed by atoms with Crippen LogP contribution in [0.15, 0.2) is 0 Å². The summed E-state index contributed by atoms with van der Waals surface area (Å²) in [4.78, 5) is 0. The minimum Gasteiger partial charge on any atom is -0.400 e. The van der Waals surface area contributed by atoms with Crippen molar-refractivity contribution >= 4 is 0 Å². The second-order valence-electron chi connectivity index (χ2n) is 0. The molecule has 0 amide bonds. The summed E-state index contributed by atoms with van der Waals surface area (Å²) < 4.78 is 0. The molecule has 0 aromatic rings. The standard InChI is InChI=1S/2CH4O.CH3.Au/c2*1-2;;/h2*2H,1H3;1H3;/q;;-1;+1. The molecule has 0 rings (SSSR count). The van der Waals surface area contributed by atoms with Crippen LogP contribution in [-0.4, -0.2) is 24.4 Å². The minimum atomic E-state index is 0. The van der Waals surface area contributed by atoms with Crippen molar-refractivity contribution in [2.24, 2.45) is 0 Å². The van der Waals surface area contributed by atoms with Crippen LogP contribution in [0.2, 0.25) is 0 Å². The van der Waals surface area contributed by atoms with Gasteiger partial charge < -0.3 is 17.6 Å². The zero-order valence-corrected chi connectivity index (χ0v) is 6.36. The summed E-state index contributed by atoms with van der Waals surface area (Å²) >= 11 is 0. The Bertz CT molecular complexity index is 8.75. The maximum Gasteiger partial charge on any atom is 1.00 e. The third-order valence-electron chi connectivity index (χ3n) is 0. The van der Waals surface area contributed by atoms with Gasteiger partial charge in [-0.1, -0.05) is 0 Å². The zero-order valence-electron chi connectivity index (χ0n) is 4.20.